The van der Waals surface area contributed by atoms with Crippen LogP contribution in [0.5, 0.6) is 5.75 Å². The predicted octanol–water partition coefficient (Wildman–Crippen LogP) is 3.25. The summed E-state index contributed by atoms with van der Waals surface area (Å²) < 4.78 is 8.94. The number of nitrogens with zero attached hydrogens (tertiary/aromatic N) is 4. The molecule has 142 valence electrons. The van der Waals surface area contributed by atoms with Crippen LogP contribution in [-0.2, 0) is 18.4 Å². The van der Waals surface area contributed by atoms with Crippen molar-refractivity contribution in [2.45, 2.75) is 33.7 Å². The highest BCUT2D eigenvalue weighted by Gasteiger charge is 2.13. The van der Waals surface area contributed by atoms with E-state index in [1.165, 1.54) is 5.56 Å². The van der Waals surface area contributed by atoms with Gasteiger partial charge in [0.25, 0.3) is 0 Å². The second-order valence-corrected chi connectivity index (χ2v) is 6.57. The maximum Gasteiger partial charge on any atom is 0.228 e. The highest BCUT2D eigenvalue weighted by atomic mass is 16.5. The van der Waals surface area contributed by atoms with E-state index in [9.17, 15) is 4.79 Å². The van der Waals surface area contributed by atoms with Gasteiger partial charge >= 0.3 is 0 Å². The number of benzene rings is 1. The molecular weight excluding hydrogens is 342 g/mol. The Morgan fingerprint density at radius 2 is 1.89 bits per heavy atom. The van der Waals surface area contributed by atoms with E-state index in [1.807, 2.05) is 61.3 Å². The van der Waals surface area contributed by atoms with Crippen LogP contribution >= 0.6 is 0 Å². The summed E-state index contributed by atoms with van der Waals surface area (Å²) >= 11 is 0. The van der Waals surface area contributed by atoms with Gasteiger partial charge in [0.05, 0.1) is 24.7 Å². The minimum Gasteiger partial charge on any atom is -0.497 e. The van der Waals surface area contributed by atoms with Crippen LogP contribution in [0.1, 0.15) is 23.4 Å². The lowest BCUT2D eigenvalue weighted by Crippen LogP contribution is -2.18. The Morgan fingerprint density at radius 3 is 2.48 bits per heavy atom. The quantitative estimate of drug-likeness (QED) is 0.726. The second kappa shape index (κ2) is 7.65. The highest BCUT2D eigenvalue weighted by molar-refractivity contribution is 5.89. The predicted molar refractivity (Wildman–Crippen MR) is 105 cm³/mol. The Hall–Kier alpha value is -3.09. The monoisotopic (exact) mass is 367 g/mol. The first-order valence-electron chi connectivity index (χ1n) is 8.87. The number of rotatable bonds is 6. The lowest BCUT2D eigenvalue weighted by Gasteiger charge is -2.09. The number of amides is 1. The van der Waals surface area contributed by atoms with Gasteiger partial charge in [0.1, 0.15) is 5.75 Å². The molecule has 0 atom stereocenters. The van der Waals surface area contributed by atoms with Crippen LogP contribution in [0.4, 0.5) is 5.95 Å². The van der Waals surface area contributed by atoms with Crippen molar-refractivity contribution in [3.63, 3.8) is 0 Å². The van der Waals surface area contributed by atoms with Gasteiger partial charge in [-0.1, -0.05) is 0 Å². The van der Waals surface area contributed by atoms with E-state index < -0.39 is 0 Å². The molecule has 0 aliphatic heterocycles. The van der Waals surface area contributed by atoms with Gasteiger partial charge in [0.2, 0.25) is 11.9 Å². The number of aryl methyl sites for hydroxylation is 2. The van der Waals surface area contributed by atoms with E-state index in [2.05, 4.69) is 15.4 Å². The summed E-state index contributed by atoms with van der Waals surface area (Å²) in [6.07, 6.45) is 2.09. The number of hydrogen-bond donors (Lipinski definition) is 1. The Balaban J connectivity index is 1.66. The summed E-state index contributed by atoms with van der Waals surface area (Å²) in [6.45, 7) is 6.59. The molecule has 1 N–H and O–H groups in total. The van der Waals surface area contributed by atoms with Gasteiger partial charge in [-0.25, -0.2) is 4.98 Å². The molecule has 0 aliphatic carbocycles. The van der Waals surface area contributed by atoms with Crippen LogP contribution in [0.2, 0.25) is 0 Å². The molecule has 2 heterocycles. The molecule has 3 aromatic rings. The molecule has 0 bridgehead atoms. The topological polar surface area (TPSA) is 74.0 Å². The molecule has 3 rings (SSSR count). The Morgan fingerprint density at radius 1 is 1.19 bits per heavy atom. The van der Waals surface area contributed by atoms with Crippen molar-refractivity contribution >= 4 is 11.9 Å². The standard InChI is InChI=1S/C20H25N5O2/c1-13-14(2)23-25(15(13)3)11-10-19(26)22-20-21-12-18(24(20)4)16-6-8-17(27-5)9-7-16/h6-9,12H,10-11H2,1-5H3,(H,21,22,26). The fourth-order valence-electron chi connectivity index (χ4n) is 2.95. The molecule has 0 spiro atoms. The summed E-state index contributed by atoms with van der Waals surface area (Å²) in [5.74, 6) is 1.24. The lowest BCUT2D eigenvalue weighted by atomic mass is 10.1. The molecular formula is C20H25N5O2. The zero-order chi connectivity index (χ0) is 19.6. The summed E-state index contributed by atoms with van der Waals surface area (Å²) in [6, 6.07) is 7.73. The highest BCUT2D eigenvalue weighted by Crippen LogP contribution is 2.24. The van der Waals surface area contributed by atoms with Gasteiger partial charge in [-0.05, 0) is 50.6 Å². The number of nitrogens with one attached hydrogen (secondary N) is 1. The Labute approximate surface area is 159 Å². The molecule has 1 amide bonds. The first kappa shape index (κ1) is 18.7. The first-order chi connectivity index (χ1) is 12.9. The molecule has 7 nitrogen and oxygen atoms in total. The van der Waals surface area contributed by atoms with E-state index in [0.717, 1.165) is 28.4 Å². The third kappa shape index (κ3) is 3.86. The lowest BCUT2D eigenvalue weighted by molar-refractivity contribution is -0.116. The van der Waals surface area contributed by atoms with Crippen molar-refractivity contribution in [3.8, 4) is 17.0 Å². The van der Waals surface area contributed by atoms with Crippen LogP contribution in [0.3, 0.4) is 0 Å². The van der Waals surface area contributed by atoms with Gasteiger partial charge in [-0.15, -0.1) is 0 Å². The summed E-state index contributed by atoms with van der Waals surface area (Å²) in [4.78, 5) is 16.7. The molecule has 0 aliphatic rings. The number of hydrogen-bond acceptors (Lipinski definition) is 4. The van der Waals surface area contributed by atoms with Crippen LogP contribution in [0.25, 0.3) is 11.3 Å². The second-order valence-electron chi connectivity index (χ2n) is 6.57. The maximum atomic E-state index is 12.3. The van der Waals surface area contributed by atoms with E-state index in [1.54, 1.807) is 13.3 Å². The van der Waals surface area contributed by atoms with Crippen LogP contribution in [-0.4, -0.2) is 32.3 Å². The minimum atomic E-state index is -0.0878. The average Bonchev–Trinajstić information content (AvgIpc) is 3.15. The zero-order valence-electron chi connectivity index (χ0n) is 16.4. The molecule has 27 heavy (non-hydrogen) atoms. The molecule has 0 saturated heterocycles. The van der Waals surface area contributed by atoms with Gasteiger partial charge < -0.3 is 9.30 Å². The number of aromatic nitrogens is 4. The number of carbonyl (C=O) groups excluding carboxylic acids is 1. The zero-order valence-corrected chi connectivity index (χ0v) is 16.4. The average molecular weight is 367 g/mol. The number of carbonyl (C=O) groups is 1. The van der Waals surface area contributed by atoms with Crippen molar-refractivity contribution in [2.75, 3.05) is 12.4 Å². The summed E-state index contributed by atoms with van der Waals surface area (Å²) in [5.41, 5.74) is 5.19. The molecule has 2 aromatic heterocycles. The third-order valence-corrected chi connectivity index (χ3v) is 4.92. The van der Waals surface area contributed by atoms with Crippen molar-refractivity contribution in [1.82, 2.24) is 19.3 Å². The molecule has 0 saturated carbocycles. The summed E-state index contributed by atoms with van der Waals surface area (Å²) in [7, 11) is 3.52. The van der Waals surface area contributed by atoms with E-state index in [4.69, 9.17) is 4.74 Å². The molecule has 0 radical (unpaired) electrons. The van der Waals surface area contributed by atoms with Crippen LogP contribution in [0, 0.1) is 20.8 Å². The molecule has 0 unspecified atom stereocenters. The van der Waals surface area contributed by atoms with Crippen molar-refractivity contribution in [3.05, 3.63) is 47.4 Å². The number of methoxy groups -OCH3 is 1. The smallest absolute Gasteiger partial charge is 0.228 e. The number of ether oxygens (including phenoxy) is 1. The third-order valence-electron chi connectivity index (χ3n) is 4.92. The number of anilines is 1. The van der Waals surface area contributed by atoms with E-state index in [0.29, 0.717) is 18.9 Å². The van der Waals surface area contributed by atoms with E-state index in [-0.39, 0.29) is 5.91 Å². The van der Waals surface area contributed by atoms with Crippen molar-refractivity contribution in [2.24, 2.45) is 7.05 Å². The van der Waals surface area contributed by atoms with Gasteiger partial charge in [-0.2, -0.15) is 5.10 Å². The Bertz CT molecular complexity index is 954. The Kier molecular flexibility index (Phi) is 5.30. The minimum absolute atomic E-state index is 0.0878. The largest absolute Gasteiger partial charge is 0.497 e. The van der Waals surface area contributed by atoms with Crippen LogP contribution in [0.15, 0.2) is 30.5 Å². The number of imidazole rings is 1. The normalized spacial score (nSPS) is 10.9. The van der Waals surface area contributed by atoms with Crippen molar-refractivity contribution < 1.29 is 9.53 Å². The molecule has 1 aromatic carbocycles. The fraction of sp³-hybridized carbons (Fsp3) is 0.350. The van der Waals surface area contributed by atoms with Gasteiger partial charge in [0.15, 0.2) is 0 Å². The van der Waals surface area contributed by atoms with Gasteiger partial charge in [0, 0.05) is 31.3 Å². The van der Waals surface area contributed by atoms with Crippen LogP contribution < -0.4 is 10.1 Å². The fourth-order valence-corrected chi connectivity index (χ4v) is 2.95. The molecule has 0 fully saturated rings. The van der Waals surface area contributed by atoms with Gasteiger partial charge in [-0.3, -0.25) is 14.8 Å². The maximum absolute atomic E-state index is 12.3. The first-order valence-corrected chi connectivity index (χ1v) is 8.87. The summed E-state index contributed by atoms with van der Waals surface area (Å²) in [5, 5.41) is 7.35. The van der Waals surface area contributed by atoms with Crippen molar-refractivity contribution in [1.29, 1.82) is 0 Å². The van der Waals surface area contributed by atoms with E-state index >= 15 is 0 Å². The molecule has 7 heteroatoms. The SMILES string of the molecule is COc1ccc(-c2cnc(NC(=O)CCn3nc(C)c(C)c3C)n2C)cc1.